The first-order valence-electron chi connectivity index (χ1n) is 6.55. The first-order chi connectivity index (χ1) is 7.79. The third-order valence-electron chi connectivity index (χ3n) is 3.46. The number of aliphatic hydroxyl groups is 2. The van der Waals surface area contributed by atoms with Gasteiger partial charge in [-0.05, 0) is 40.5 Å². The van der Waals surface area contributed by atoms with E-state index in [1.165, 1.54) is 0 Å². The van der Waals surface area contributed by atoms with Crippen LogP contribution in [0.25, 0.3) is 0 Å². The summed E-state index contributed by atoms with van der Waals surface area (Å²) in [4.78, 5) is 2.21. The van der Waals surface area contributed by atoms with Crippen LogP contribution in [0.2, 0.25) is 0 Å². The number of hydrogen-bond donors (Lipinski definition) is 3. The van der Waals surface area contributed by atoms with E-state index < -0.39 is 0 Å². The van der Waals surface area contributed by atoms with Crippen molar-refractivity contribution >= 4 is 0 Å². The topological polar surface area (TPSA) is 55.7 Å². The predicted molar refractivity (Wildman–Crippen MR) is 70.1 cm³/mol. The van der Waals surface area contributed by atoms with Gasteiger partial charge in [-0.3, -0.25) is 4.90 Å². The van der Waals surface area contributed by atoms with Gasteiger partial charge in [0.15, 0.2) is 0 Å². The fraction of sp³-hybridized carbons (Fsp3) is 1.00. The van der Waals surface area contributed by atoms with E-state index in [0.717, 1.165) is 12.8 Å². The summed E-state index contributed by atoms with van der Waals surface area (Å²) in [6, 6.07) is 0.431. The van der Waals surface area contributed by atoms with E-state index in [4.69, 9.17) is 10.2 Å². The molecule has 0 saturated carbocycles. The highest BCUT2D eigenvalue weighted by Gasteiger charge is 2.39. The average molecular weight is 244 g/mol. The number of piperidine rings is 1. The highest BCUT2D eigenvalue weighted by atomic mass is 16.3. The first kappa shape index (κ1) is 14.9. The normalized spacial score (nSPS) is 24.2. The van der Waals surface area contributed by atoms with Crippen molar-refractivity contribution in [3.63, 3.8) is 0 Å². The predicted octanol–water partition coefficient (Wildman–Crippen LogP) is 0.582. The first-order valence-corrected chi connectivity index (χ1v) is 6.55. The molecule has 4 heteroatoms. The molecular formula is C13H28N2O2. The van der Waals surface area contributed by atoms with Crippen LogP contribution >= 0.6 is 0 Å². The fourth-order valence-electron chi connectivity index (χ4n) is 3.26. The van der Waals surface area contributed by atoms with Gasteiger partial charge in [0.05, 0.1) is 13.2 Å². The molecule has 1 aliphatic rings. The van der Waals surface area contributed by atoms with Crippen LogP contribution in [0.5, 0.6) is 0 Å². The minimum atomic E-state index is 0.107. The van der Waals surface area contributed by atoms with E-state index in [0.29, 0.717) is 19.1 Å². The Labute approximate surface area is 105 Å². The molecule has 1 rings (SSSR count). The summed E-state index contributed by atoms with van der Waals surface area (Å²) in [5, 5.41) is 21.9. The number of nitrogens with zero attached hydrogens (tertiary/aromatic N) is 1. The maximum atomic E-state index is 9.12. The summed E-state index contributed by atoms with van der Waals surface area (Å²) in [5.41, 5.74) is 0.213. The summed E-state index contributed by atoms with van der Waals surface area (Å²) in [6.45, 7) is 10.5. The average Bonchev–Trinajstić information content (AvgIpc) is 2.12. The Morgan fingerprint density at radius 2 is 1.41 bits per heavy atom. The van der Waals surface area contributed by atoms with E-state index in [2.05, 4.69) is 37.9 Å². The minimum absolute atomic E-state index is 0.107. The molecule has 3 N–H and O–H groups in total. The maximum absolute atomic E-state index is 9.12. The third-order valence-corrected chi connectivity index (χ3v) is 3.46. The van der Waals surface area contributed by atoms with Crippen molar-refractivity contribution in [2.45, 2.75) is 57.7 Å². The fourth-order valence-corrected chi connectivity index (χ4v) is 3.26. The molecule has 1 fully saturated rings. The molecule has 0 aromatic rings. The Kier molecular flexibility index (Phi) is 4.95. The molecule has 102 valence electrons. The molecular weight excluding hydrogens is 216 g/mol. The Balaban J connectivity index is 2.73. The van der Waals surface area contributed by atoms with Crippen molar-refractivity contribution in [3.8, 4) is 0 Å². The van der Waals surface area contributed by atoms with Gasteiger partial charge in [-0.2, -0.15) is 0 Å². The van der Waals surface area contributed by atoms with Crippen molar-refractivity contribution in [1.29, 1.82) is 0 Å². The van der Waals surface area contributed by atoms with Crippen LogP contribution in [0.4, 0.5) is 0 Å². The van der Waals surface area contributed by atoms with E-state index in [-0.39, 0.29) is 24.3 Å². The van der Waals surface area contributed by atoms with Crippen molar-refractivity contribution in [1.82, 2.24) is 10.2 Å². The minimum Gasteiger partial charge on any atom is -0.395 e. The van der Waals surface area contributed by atoms with Crippen LogP contribution < -0.4 is 5.32 Å². The van der Waals surface area contributed by atoms with Gasteiger partial charge >= 0.3 is 0 Å². The molecule has 0 aliphatic carbocycles. The van der Waals surface area contributed by atoms with Gasteiger partial charge in [-0.1, -0.05) is 0 Å². The molecule has 1 aliphatic heterocycles. The Morgan fingerprint density at radius 3 is 1.76 bits per heavy atom. The molecule has 0 aromatic carbocycles. The Bertz CT molecular complexity index is 220. The van der Waals surface area contributed by atoms with Gasteiger partial charge in [-0.25, -0.2) is 0 Å². The second-order valence-corrected chi connectivity index (χ2v) is 6.44. The summed E-state index contributed by atoms with van der Waals surface area (Å²) < 4.78 is 0. The van der Waals surface area contributed by atoms with Crippen LogP contribution in [0.15, 0.2) is 0 Å². The van der Waals surface area contributed by atoms with E-state index in [1.54, 1.807) is 0 Å². The van der Waals surface area contributed by atoms with Crippen molar-refractivity contribution in [3.05, 3.63) is 0 Å². The standard InChI is InChI=1S/C13H28N2O2/c1-12(2)9-11(10-13(3,4)14-12)15(5-7-16)6-8-17/h11,14,16-17H,5-10H2,1-4H3. The molecule has 1 heterocycles. The molecule has 1 saturated heterocycles. The molecule has 0 atom stereocenters. The van der Waals surface area contributed by atoms with Gasteiger partial charge in [0.1, 0.15) is 0 Å². The highest BCUT2D eigenvalue weighted by Crippen LogP contribution is 2.31. The summed E-state index contributed by atoms with van der Waals surface area (Å²) in [5.74, 6) is 0. The lowest BCUT2D eigenvalue weighted by atomic mass is 9.79. The van der Waals surface area contributed by atoms with Crippen molar-refractivity contribution < 1.29 is 10.2 Å². The Morgan fingerprint density at radius 1 is 1.00 bits per heavy atom. The lowest BCUT2D eigenvalue weighted by molar-refractivity contribution is 0.0447. The molecule has 0 radical (unpaired) electrons. The lowest BCUT2D eigenvalue weighted by Crippen LogP contribution is -2.62. The molecule has 17 heavy (non-hydrogen) atoms. The van der Waals surface area contributed by atoms with Gasteiger partial charge in [0.25, 0.3) is 0 Å². The second-order valence-electron chi connectivity index (χ2n) is 6.44. The van der Waals surface area contributed by atoms with Crippen LogP contribution in [0, 0.1) is 0 Å². The molecule has 0 unspecified atom stereocenters. The van der Waals surface area contributed by atoms with E-state index in [9.17, 15) is 0 Å². The zero-order valence-electron chi connectivity index (χ0n) is 11.7. The molecule has 0 bridgehead atoms. The van der Waals surface area contributed by atoms with Crippen molar-refractivity contribution in [2.75, 3.05) is 26.3 Å². The van der Waals surface area contributed by atoms with E-state index in [1.807, 2.05) is 0 Å². The third kappa shape index (κ3) is 4.54. The summed E-state index contributed by atoms with van der Waals surface area (Å²) >= 11 is 0. The molecule has 4 nitrogen and oxygen atoms in total. The van der Waals surface area contributed by atoms with Gasteiger partial charge in [0, 0.05) is 30.2 Å². The Hall–Kier alpha value is -0.160. The zero-order valence-corrected chi connectivity index (χ0v) is 11.7. The van der Waals surface area contributed by atoms with Gasteiger partial charge in [0.2, 0.25) is 0 Å². The lowest BCUT2D eigenvalue weighted by Gasteiger charge is -2.49. The van der Waals surface area contributed by atoms with Crippen LogP contribution in [-0.4, -0.2) is 58.5 Å². The number of nitrogens with one attached hydrogen (secondary N) is 1. The number of hydrogen-bond acceptors (Lipinski definition) is 4. The summed E-state index contributed by atoms with van der Waals surface area (Å²) in [6.07, 6.45) is 2.10. The summed E-state index contributed by atoms with van der Waals surface area (Å²) in [7, 11) is 0. The SMILES string of the molecule is CC1(C)CC(N(CCO)CCO)CC(C)(C)N1. The molecule has 0 spiro atoms. The second kappa shape index (κ2) is 5.65. The largest absolute Gasteiger partial charge is 0.395 e. The van der Waals surface area contributed by atoms with Gasteiger partial charge in [-0.15, -0.1) is 0 Å². The molecule has 0 amide bonds. The highest BCUT2D eigenvalue weighted by molar-refractivity contribution is 5.00. The molecule has 0 aromatic heterocycles. The van der Waals surface area contributed by atoms with Crippen LogP contribution in [0.1, 0.15) is 40.5 Å². The number of rotatable bonds is 5. The number of aliphatic hydroxyl groups excluding tert-OH is 2. The maximum Gasteiger partial charge on any atom is 0.0558 e. The van der Waals surface area contributed by atoms with Crippen LogP contribution in [-0.2, 0) is 0 Å². The zero-order chi connectivity index (χ0) is 13.1. The quantitative estimate of drug-likeness (QED) is 0.662. The van der Waals surface area contributed by atoms with E-state index >= 15 is 0 Å². The van der Waals surface area contributed by atoms with Crippen LogP contribution in [0.3, 0.4) is 0 Å². The monoisotopic (exact) mass is 244 g/mol. The van der Waals surface area contributed by atoms with Crippen molar-refractivity contribution in [2.24, 2.45) is 0 Å². The van der Waals surface area contributed by atoms with Gasteiger partial charge < -0.3 is 15.5 Å². The smallest absolute Gasteiger partial charge is 0.0558 e.